The van der Waals surface area contributed by atoms with Crippen molar-refractivity contribution in [2.75, 3.05) is 11.4 Å². The molecular weight excluding hydrogens is 308 g/mol. The van der Waals surface area contributed by atoms with Gasteiger partial charge < -0.3 is 9.42 Å². The van der Waals surface area contributed by atoms with Crippen LogP contribution in [0, 0.1) is 13.8 Å². The Hall–Kier alpha value is -2.96. The monoisotopic (exact) mass is 326 g/mol. The quantitative estimate of drug-likeness (QED) is 0.733. The maximum atomic E-state index is 12.7. The third-order valence-corrected chi connectivity index (χ3v) is 3.96. The van der Waals surface area contributed by atoms with Crippen molar-refractivity contribution in [3.8, 4) is 0 Å². The molecule has 7 nitrogen and oxygen atoms in total. The van der Waals surface area contributed by atoms with Gasteiger partial charge in [0.05, 0.1) is 5.69 Å². The van der Waals surface area contributed by atoms with Crippen molar-refractivity contribution in [3.63, 3.8) is 0 Å². The highest BCUT2D eigenvalue weighted by Gasteiger charge is 2.18. The number of rotatable bonds is 4. The van der Waals surface area contributed by atoms with E-state index in [-0.39, 0.29) is 23.7 Å². The molecule has 24 heavy (non-hydrogen) atoms. The van der Waals surface area contributed by atoms with Crippen LogP contribution < -0.4 is 10.5 Å². The Balaban J connectivity index is 1.94. The van der Waals surface area contributed by atoms with E-state index in [1.165, 1.54) is 10.9 Å². The van der Waals surface area contributed by atoms with Crippen LogP contribution in [0.15, 0.2) is 39.9 Å². The number of fused-ring (bicyclic) bond motifs is 1. The van der Waals surface area contributed by atoms with Crippen LogP contribution in [0.5, 0.6) is 0 Å². The van der Waals surface area contributed by atoms with Crippen molar-refractivity contribution in [3.05, 3.63) is 52.2 Å². The maximum Gasteiger partial charge on any atom is 0.267 e. The van der Waals surface area contributed by atoms with Gasteiger partial charge in [-0.2, -0.15) is 0 Å². The molecule has 1 amide bonds. The van der Waals surface area contributed by atoms with Gasteiger partial charge in [-0.05, 0) is 32.4 Å². The van der Waals surface area contributed by atoms with E-state index < -0.39 is 0 Å². The Morgan fingerprint density at radius 2 is 2.04 bits per heavy atom. The minimum atomic E-state index is -0.326. The fraction of sp³-hybridized carbons (Fsp3) is 0.294. The molecule has 0 atom stereocenters. The highest BCUT2D eigenvalue weighted by molar-refractivity contribution is 5.94. The van der Waals surface area contributed by atoms with Crippen LogP contribution in [0.3, 0.4) is 0 Å². The standard InChI is InChI=1S/C17H18N4O3/c1-4-21(13-8-6-5-7-11(13)2)14(22)9-20-10-18-16-15(17(20)23)12(3)19-24-16/h5-8,10H,4,9H2,1-3H3. The molecule has 0 saturated carbocycles. The zero-order valence-electron chi connectivity index (χ0n) is 13.8. The van der Waals surface area contributed by atoms with Gasteiger partial charge in [0.2, 0.25) is 5.91 Å². The Morgan fingerprint density at radius 3 is 2.75 bits per heavy atom. The summed E-state index contributed by atoms with van der Waals surface area (Å²) in [4.78, 5) is 30.9. The van der Waals surface area contributed by atoms with Crippen molar-refractivity contribution in [1.82, 2.24) is 14.7 Å². The van der Waals surface area contributed by atoms with E-state index in [0.717, 1.165) is 11.3 Å². The first-order valence-electron chi connectivity index (χ1n) is 7.70. The third kappa shape index (κ3) is 2.68. The number of nitrogens with zero attached hydrogens (tertiary/aromatic N) is 4. The molecule has 0 saturated heterocycles. The number of hydrogen-bond donors (Lipinski definition) is 0. The lowest BCUT2D eigenvalue weighted by molar-refractivity contribution is -0.119. The zero-order valence-corrected chi connectivity index (χ0v) is 13.8. The summed E-state index contributed by atoms with van der Waals surface area (Å²) in [5.41, 5.74) is 2.17. The first kappa shape index (κ1) is 15.9. The molecular formula is C17H18N4O3. The van der Waals surface area contributed by atoms with Crippen LogP contribution in [0.1, 0.15) is 18.2 Å². The maximum absolute atomic E-state index is 12.7. The smallest absolute Gasteiger partial charge is 0.267 e. The lowest BCUT2D eigenvalue weighted by Crippen LogP contribution is -2.37. The van der Waals surface area contributed by atoms with Gasteiger partial charge in [0.25, 0.3) is 11.3 Å². The molecule has 0 aliphatic carbocycles. The van der Waals surface area contributed by atoms with Crippen LogP contribution in [0.25, 0.3) is 11.1 Å². The molecule has 0 N–H and O–H groups in total. The highest BCUT2D eigenvalue weighted by atomic mass is 16.5. The van der Waals surface area contributed by atoms with Gasteiger partial charge in [0, 0.05) is 12.2 Å². The minimum absolute atomic E-state index is 0.0887. The number of hydrogen-bond acceptors (Lipinski definition) is 5. The van der Waals surface area contributed by atoms with Crippen LogP contribution >= 0.6 is 0 Å². The zero-order chi connectivity index (χ0) is 17.3. The number of para-hydroxylation sites is 1. The van der Waals surface area contributed by atoms with Crippen LogP contribution in [-0.4, -0.2) is 27.2 Å². The molecule has 3 aromatic rings. The first-order valence-corrected chi connectivity index (χ1v) is 7.70. The Labute approximate surface area is 138 Å². The lowest BCUT2D eigenvalue weighted by Gasteiger charge is -2.23. The molecule has 3 rings (SSSR count). The number of likely N-dealkylation sites (N-methyl/N-ethyl adjacent to an activating group) is 1. The Kier molecular flexibility index (Phi) is 4.16. The van der Waals surface area contributed by atoms with E-state index in [2.05, 4.69) is 10.1 Å². The van der Waals surface area contributed by atoms with Crippen molar-refractivity contribution in [2.24, 2.45) is 0 Å². The van der Waals surface area contributed by atoms with Crippen molar-refractivity contribution in [1.29, 1.82) is 0 Å². The van der Waals surface area contributed by atoms with Gasteiger partial charge in [-0.15, -0.1) is 0 Å². The lowest BCUT2D eigenvalue weighted by atomic mass is 10.2. The van der Waals surface area contributed by atoms with E-state index in [1.54, 1.807) is 11.8 Å². The predicted molar refractivity (Wildman–Crippen MR) is 90.0 cm³/mol. The number of amides is 1. The van der Waals surface area contributed by atoms with Gasteiger partial charge >= 0.3 is 0 Å². The number of carbonyl (C=O) groups is 1. The molecule has 2 heterocycles. The predicted octanol–water partition coefficient (Wildman–Crippen LogP) is 2.05. The fourth-order valence-corrected chi connectivity index (χ4v) is 2.70. The summed E-state index contributed by atoms with van der Waals surface area (Å²) in [6.45, 7) is 5.95. The Bertz CT molecular complexity index is 958. The number of carbonyl (C=O) groups excluding carboxylic acids is 1. The fourth-order valence-electron chi connectivity index (χ4n) is 2.70. The molecule has 0 aliphatic heterocycles. The Morgan fingerprint density at radius 1 is 1.29 bits per heavy atom. The topological polar surface area (TPSA) is 81.2 Å². The van der Waals surface area contributed by atoms with Crippen LogP contribution in [0.4, 0.5) is 5.69 Å². The van der Waals surface area contributed by atoms with Crippen LogP contribution in [-0.2, 0) is 11.3 Å². The summed E-state index contributed by atoms with van der Waals surface area (Å²) in [6, 6.07) is 7.66. The second-order valence-electron chi connectivity index (χ2n) is 5.55. The average Bonchev–Trinajstić information content (AvgIpc) is 2.94. The van der Waals surface area contributed by atoms with Gasteiger partial charge in [-0.1, -0.05) is 23.4 Å². The van der Waals surface area contributed by atoms with Gasteiger partial charge in [0.15, 0.2) is 0 Å². The summed E-state index contributed by atoms with van der Waals surface area (Å²) in [5.74, 6) is -0.177. The average molecular weight is 326 g/mol. The van der Waals surface area contributed by atoms with E-state index in [9.17, 15) is 9.59 Å². The van der Waals surface area contributed by atoms with Crippen molar-refractivity contribution >= 4 is 22.7 Å². The second kappa shape index (κ2) is 6.27. The van der Waals surface area contributed by atoms with E-state index in [0.29, 0.717) is 17.6 Å². The molecule has 0 spiro atoms. The molecule has 0 aliphatic rings. The molecule has 0 bridgehead atoms. The summed E-state index contributed by atoms with van der Waals surface area (Å²) < 4.78 is 6.26. The molecule has 124 valence electrons. The second-order valence-corrected chi connectivity index (χ2v) is 5.55. The number of aryl methyl sites for hydroxylation is 2. The molecule has 0 radical (unpaired) electrons. The summed E-state index contributed by atoms with van der Waals surface area (Å²) in [7, 11) is 0. The van der Waals surface area contributed by atoms with Crippen molar-refractivity contribution in [2.45, 2.75) is 27.3 Å². The van der Waals surface area contributed by atoms with Gasteiger partial charge in [0.1, 0.15) is 18.3 Å². The SMILES string of the molecule is CCN(C(=O)Cn1cnc2onc(C)c2c1=O)c1ccccc1C. The first-order chi connectivity index (χ1) is 11.5. The van der Waals surface area contributed by atoms with Gasteiger partial charge in [-0.25, -0.2) is 4.98 Å². The third-order valence-electron chi connectivity index (χ3n) is 3.96. The highest BCUT2D eigenvalue weighted by Crippen LogP contribution is 2.19. The van der Waals surface area contributed by atoms with Gasteiger partial charge in [-0.3, -0.25) is 14.2 Å². The normalized spacial score (nSPS) is 11.0. The molecule has 2 aromatic heterocycles. The van der Waals surface area contributed by atoms with E-state index in [1.807, 2.05) is 38.1 Å². The number of anilines is 1. The molecule has 0 fully saturated rings. The van der Waals surface area contributed by atoms with E-state index >= 15 is 0 Å². The van der Waals surface area contributed by atoms with Crippen molar-refractivity contribution < 1.29 is 9.32 Å². The van der Waals surface area contributed by atoms with E-state index in [4.69, 9.17) is 4.52 Å². The molecule has 7 heteroatoms. The summed E-state index contributed by atoms with van der Waals surface area (Å²) >= 11 is 0. The van der Waals surface area contributed by atoms with Crippen LogP contribution in [0.2, 0.25) is 0 Å². The minimum Gasteiger partial charge on any atom is -0.335 e. The number of aromatic nitrogens is 3. The largest absolute Gasteiger partial charge is 0.335 e. The number of benzene rings is 1. The molecule has 0 unspecified atom stereocenters. The summed E-state index contributed by atoms with van der Waals surface area (Å²) in [5, 5.41) is 4.05. The summed E-state index contributed by atoms with van der Waals surface area (Å²) in [6.07, 6.45) is 1.32. The molecule has 1 aromatic carbocycles.